The summed E-state index contributed by atoms with van der Waals surface area (Å²) < 4.78 is 21.6. The van der Waals surface area contributed by atoms with Crippen molar-refractivity contribution in [1.82, 2.24) is 0 Å². The number of aliphatic hydroxyl groups excluding tert-OH is 2. The minimum atomic E-state index is 0.0409. The maximum Gasteiger partial charge on any atom is 0.0810 e. The van der Waals surface area contributed by atoms with Crippen LogP contribution < -0.4 is 0 Å². The fourth-order valence-corrected chi connectivity index (χ4v) is 5.77. The van der Waals surface area contributed by atoms with Gasteiger partial charge in [0.2, 0.25) is 0 Å². The molecule has 0 saturated heterocycles. The van der Waals surface area contributed by atoms with Crippen LogP contribution in [0.15, 0.2) is 36.4 Å². The van der Waals surface area contributed by atoms with Crippen LogP contribution in [0.25, 0.3) is 19.5 Å². The summed E-state index contributed by atoms with van der Waals surface area (Å²) in [4.78, 5) is 7.37. The van der Waals surface area contributed by atoms with Crippen molar-refractivity contribution in [1.29, 1.82) is 0 Å². The second-order valence-electron chi connectivity index (χ2n) is 6.47. The quantitative estimate of drug-likeness (QED) is 0.296. The first-order chi connectivity index (χ1) is 15.3. The highest BCUT2D eigenvalue weighted by molar-refractivity contribution is 7.26. The summed E-state index contributed by atoms with van der Waals surface area (Å²) in [7, 11) is 0. The Morgan fingerprint density at radius 3 is 1.32 bits per heavy atom. The number of hydrogen-bond acceptors (Lipinski definition) is 9. The molecular formula is C22H28O6S3. The molecule has 0 aromatic carbocycles. The number of ether oxygens (including phenoxy) is 4. The highest BCUT2D eigenvalue weighted by atomic mass is 32.1. The molecule has 3 aromatic rings. The topological polar surface area (TPSA) is 77.4 Å². The van der Waals surface area contributed by atoms with Gasteiger partial charge < -0.3 is 29.2 Å². The predicted molar refractivity (Wildman–Crippen MR) is 126 cm³/mol. The molecule has 0 aliphatic carbocycles. The molecule has 9 heteroatoms. The van der Waals surface area contributed by atoms with E-state index in [1.54, 1.807) is 34.0 Å². The zero-order valence-corrected chi connectivity index (χ0v) is 19.7. The van der Waals surface area contributed by atoms with Crippen molar-refractivity contribution in [2.75, 3.05) is 52.9 Å². The molecule has 170 valence electrons. The van der Waals surface area contributed by atoms with Gasteiger partial charge in [-0.15, -0.1) is 34.0 Å². The Labute approximate surface area is 194 Å². The van der Waals surface area contributed by atoms with Crippen LogP contribution in [0.3, 0.4) is 0 Å². The zero-order valence-electron chi connectivity index (χ0n) is 17.3. The third-order valence-corrected chi connectivity index (χ3v) is 7.71. The Hall–Kier alpha value is -1.14. The van der Waals surface area contributed by atoms with Crippen LogP contribution in [0, 0.1) is 0 Å². The van der Waals surface area contributed by atoms with E-state index < -0.39 is 0 Å². The fourth-order valence-electron chi connectivity index (χ4n) is 2.69. The molecule has 3 rings (SSSR count). The highest BCUT2D eigenvalue weighted by Crippen LogP contribution is 2.40. The van der Waals surface area contributed by atoms with E-state index in [2.05, 4.69) is 36.4 Å². The molecule has 0 bridgehead atoms. The van der Waals surface area contributed by atoms with E-state index >= 15 is 0 Å². The van der Waals surface area contributed by atoms with E-state index in [-0.39, 0.29) is 13.2 Å². The molecule has 0 atom stereocenters. The van der Waals surface area contributed by atoms with E-state index in [1.807, 2.05) is 0 Å². The SMILES string of the molecule is OCCOCCOCc1ccc(-c2ccc(-c3ccc(COCCOCCO)s3)s2)s1. The second kappa shape index (κ2) is 14.1. The Kier molecular flexibility index (Phi) is 11.1. The maximum atomic E-state index is 8.68. The first-order valence-corrected chi connectivity index (χ1v) is 12.6. The molecule has 0 spiro atoms. The van der Waals surface area contributed by atoms with Crippen LogP contribution in [0.5, 0.6) is 0 Å². The van der Waals surface area contributed by atoms with Crippen molar-refractivity contribution < 1.29 is 29.2 Å². The summed E-state index contributed by atoms with van der Waals surface area (Å²) in [6.45, 7) is 3.98. The fraction of sp³-hybridized carbons (Fsp3) is 0.455. The third kappa shape index (κ3) is 8.38. The van der Waals surface area contributed by atoms with Gasteiger partial charge in [-0.05, 0) is 36.4 Å². The van der Waals surface area contributed by atoms with Crippen molar-refractivity contribution in [3.05, 3.63) is 46.2 Å². The van der Waals surface area contributed by atoms with Crippen molar-refractivity contribution in [3.63, 3.8) is 0 Å². The van der Waals surface area contributed by atoms with E-state index in [1.165, 1.54) is 29.3 Å². The Morgan fingerprint density at radius 2 is 0.871 bits per heavy atom. The minimum absolute atomic E-state index is 0.0409. The lowest BCUT2D eigenvalue weighted by Crippen LogP contribution is -2.06. The van der Waals surface area contributed by atoms with Gasteiger partial charge in [-0.3, -0.25) is 0 Å². The number of thiophene rings is 3. The van der Waals surface area contributed by atoms with Gasteiger partial charge in [-0.2, -0.15) is 0 Å². The van der Waals surface area contributed by atoms with Crippen LogP contribution in [-0.4, -0.2) is 63.1 Å². The lowest BCUT2D eigenvalue weighted by molar-refractivity contribution is 0.0281. The lowest BCUT2D eigenvalue weighted by atomic mass is 10.3. The van der Waals surface area contributed by atoms with Crippen LogP contribution in [0.1, 0.15) is 9.75 Å². The summed E-state index contributed by atoms with van der Waals surface area (Å²) in [5.74, 6) is 0. The standard InChI is InChI=1S/C22H28O6S3/c23-7-9-25-11-13-27-15-17-1-3-19(29-17)21-5-6-22(31-21)20-4-2-18(30-20)16-28-14-12-26-10-8-24/h1-6,23-24H,7-16H2. The summed E-state index contributed by atoms with van der Waals surface area (Å²) in [6.07, 6.45) is 0. The van der Waals surface area contributed by atoms with Crippen LogP contribution in [-0.2, 0) is 32.2 Å². The molecule has 0 saturated carbocycles. The molecule has 0 aliphatic heterocycles. The molecule has 3 aromatic heterocycles. The van der Waals surface area contributed by atoms with Gasteiger partial charge in [0.1, 0.15) is 0 Å². The Bertz CT molecular complexity index is 803. The molecule has 2 N–H and O–H groups in total. The molecule has 0 amide bonds. The normalized spacial score (nSPS) is 11.4. The monoisotopic (exact) mass is 484 g/mol. The van der Waals surface area contributed by atoms with Gasteiger partial charge in [-0.25, -0.2) is 0 Å². The largest absolute Gasteiger partial charge is 0.394 e. The molecule has 0 aliphatic rings. The number of hydrogen-bond donors (Lipinski definition) is 2. The number of rotatable bonds is 16. The summed E-state index contributed by atoms with van der Waals surface area (Å²) in [5.41, 5.74) is 0. The maximum absolute atomic E-state index is 8.68. The average molecular weight is 485 g/mol. The van der Waals surface area contributed by atoms with Gasteiger partial charge in [0.15, 0.2) is 0 Å². The number of aliphatic hydroxyl groups is 2. The second-order valence-corrected chi connectivity index (χ2v) is 9.89. The molecule has 0 fully saturated rings. The van der Waals surface area contributed by atoms with Crippen LogP contribution in [0.2, 0.25) is 0 Å². The molecule has 0 unspecified atom stereocenters. The van der Waals surface area contributed by atoms with Gasteiger partial charge in [-0.1, -0.05) is 0 Å². The van der Waals surface area contributed by atoms with Gasteiger partial charge in [0.05, 0.1) is 66.1 Å². The highest BCUT2D eigenvalue weighted by Gasteiger charge is 2.10. The first kappa shape index (κ1) is 24.5. The van der Waals surface area contributed by atoms with Crippen molar-refractivity contribution in [2.24, 2.45) is 0 Å². The third-order valence-electron chi connectivity index (χ3n) is 4.12. The molecule has 6 nitrogen and oxygen atoms in total. The van der Waals surface area contributed by atoms with E-state index in [4.69, 9.17) is 29.2 Å². The first-order valence-electron chi connectivity index (χ1n) is 10.1. The van der Waals surface area contributed by atoms with Crippen LogP contribution >= 0.6 is 34.0 Å². The van der Waals surface area contributed by atoms with Gasteiger partial charge in [0, 0.05) is 29.3 Å². The zero-order chi connectivity index (χ0) is 21.7. The molecular weight excluding hydrogens is 456 g/mol. The lowest BCUT2D eigenvalue weighted by Gasteiger charge is -2.03. The summed E-state index contributed by atoms with van der Waals surface area (Å²) in [6, 6.07) is 12.9. The Morgan fingerprint density at radius 1 is 0.484 bits per heavy atom. The Balaban J connectivity index is 1.45. The predicted octanol–water partition coefficient (Wildman–Crippen LogP) is 4.26. The van der Waals surface area contributed by atoms with Gasteiger partial charge >= 0.3 is 0 Å². The molecule has 0 radical (unpaired) electrons. The smallest absolute Gasteiger partial charge is 0.0810 e. The van der Waals surface area contributed by atoms with E-state index in [0.29, 0.717) is 52.9 Å². The van der Waals surface area contributed by atoms with Crippen molar-refractivity contribution >= 4 is 34.0 Å². The van der Waals surface area contributed by atoms with Crippen molar-refractivity contribution in [2.45, 2.75) is 13.2 Å². The van der Waals surface area contributed by atoms with Crippen LogP contribution in [0.4, 0.5) is 0 Å². The average Bonchev–Trinajstić information content (AvgIpc) is 3.53. The molecule has 3 heterocycles. The van der Waals surface area contributed by atoms with E-state index in [9.17, 15) is 0 Å². The molecule has 31 heavy (non-hydrogen) atoms. The van der Waals surface area contributed by atoms with Gasteiger partial charge in [0.25, 0.3) is 0 Å². The minimum Gasteiger partial charge on any atom is -0.394 e. The summed E-state index contributed by atoms with van der Waals surface area (Å²) >= 11 is 5.29. The summed E-state index contributed by atoms with van der Waals surface area (Å²) in [5, 5.41) is 17.4. The van der Waals surface area contributed by atoms with E-state index in [0.717, 1.165) is 0 Å². The van der Waals surface area contributed by atoms with Crippen molar-refractivity contribution in [3.8, 4) is 19.5 Å².